The van der Waals surface area contributed by atoms with Gasteiger partial charge in [-0.05, 0) is 79.4 Å². The Morgan fingerprint density at radius 3 is 2.84 bits per heavy atom. The van der Waals surface area contributed by atoms with Crippen LogP contribution in [0.15, 0.2) is 41.0 Å². The van der Waals surface area contributed by atoms with E-state index in [1.165, 1.54) is 47.7 Å². The first kappa shape index (κ1) is 16.5. The summed E-state index contributed by atoms with van der Waals surface area (Å²) in [5, 5.41) is 3.75. The van der Waals surface area contributed by atoms with Crippen LogP contribution in [0, 0.1) is 0 Å². The summed E-state index contributed by atoms with van der Waals surface area (Å²) < 4.78 is 11.7. The molecule has 3 heteroatoms. The minimum atomic E-state index is 0.789. The summed E-state index contributed by atoms with van der Waals surface area (Å²) in [6.07, 6.45) is 7.90. The molecule has 0 spiro atoms. The fraction of sp³-hybridized carbons (Fsp3) is 0.455. The number of ether oxygens (including phenoxy) is 1. The van der Waals surface area contributed by atoms with Crippen molar-refractivity contribution in [2.45, 2.75) is 39.0 Å². The summed E-state index contributed by atoms with van der Waals surface area (Å²) in [4.78, 5) is 2.54. The molecule has 0 atom stereocenters. The first-order valence-corrected chi connectivity index (χ1v) is 9.63. The van der Waals surface area contributed by atoms with Gasteiger partial charge in [-0.15, -0.1) is 0 Å². The number of benzene rings is 2. The van der Waals surface area contributed by atoms with Crippen molar-refractivity contribution >= 4 is 21.7 Å². The van der Waals surface area contributed by atoms with Crippen LogP contribution in [0.3, 0.4) is 0 Å². The van der Waals surface area contributed by atoms with Gasteiger partial charge in [0.2, 0.25) is 0 Å². The number of rotatable bonds is 7. The number of furan rings is 1. The van der Waals surface area contributed by atoms with E-state index in [9.17, 15) is 0 Å². The first-order chi connectivity index (χ1) is 12.3. The molecule has 2 heterocycles. The molecule has 3 aromatic rings. The molecule has 2 aromatic carbocycles. The lowest BCUT2D eigenvalue weighted by molar-refractivity contribution is 0.263. The Labute approximate surface area is 149 Å². The Balaban J connectivity index is 1.48. The van der Waals surface area contributed by atoms with E-state index >= 15 is 0 Å². The van der Waals surface area contributed by atoms with Crippen molar-refractivity contribution in [1.29, 1.82) is 0 Å². The molecule has 0 N–H and O–H groups in total. The van der Waals surface area contributed by atoms with Gasteiger partial charge in [0.25, 0.3) is 0 Å². The average molecular weight is 337 g/mol. The van der Waals surface area contributed by atoms with Crippen LogP contribution in [-0.4, -0.2) is 31.1 Å². The van der Waals surface area contributed by atoms with Crippen molar-refractivity contribution in [2.24, 2.45) is 0 Å². The SMILES string of the molecule is CCCc1coc2ccc3cc(OCCCN4CCCC4)ccc3c12. The molecule has 25 heavy (non-hydrogen) atoms. The van der Waals surface area contributed by atoms with Crippen LogP contribution < -0.4 is 4.74 Å². The summed E-state index contributed by atoms with van der Waals surface area (Å²) in [6, 6.07) is 10.7. The molecule has 3 nitrogen and oxygen atoms in total. The van der Waals surface area contributed by atoms with Crippen LogP contribution in [0.25, 0.3) is 21.7 Å². The van der Waals surface area contributed by atoms with E-state index in [1.807, 2.05) is 6.26 Å². The highest BCUT2D eigenvalue weighted by Crippen LogP contribution is 2.32. The van der Waals surface area contributed by atoms with Crippen LogP contribution in [0.1, 0.15) is 38.2 Å². The standard InChI is InChI=1S/C22H27NO2/c1-2-6-18-16-25-21-10-7-17-15-19(8-9-20(17)22(18)21)24-14-5-13-23-11-3-4-12-23/h7-10,15-16H,2-6,11-14H2,1H3. The fourth-order valence-electron chi connectivity index (χ4n) is 3.94. The second kappa shape index (κ2) is 7.49. The third kappa shape index (κ3) is 3.52. The van der Waals surface area contributed by atoms with Crippen molar-refractivity contribution in [1.82, 2.24) is 4.90 Å². The van der Waals surface area contributed by atoms with Crippen LogP contribution in [0.5, 0.6) is 5.75 Å². The Hall–Kier alpha value is -2.00. The van der Waals surface area contributed by atoms with Gasteiger partial charge >= 0.3 is 0 Å². The number of aryl methyl sites for hydroxylation is 1. The highest BCUT2D eigenvalue weighted by molar-refractivity contribution is 6.07. The van der Waals surface area contributed by atoms with Gasteiger partial charge in [-0.25, -0.2) is 0 Å². The van der Waals surface area contributed by atoms with E-state index in [-0.39, 0.29) is 0 Å². The number of hydrogen-bond donors (Lipinski definition) is 0. The van der Waals surface area contributed by atoms with Crippen LogP contribution in [0.2, 0.25) is 0 Å². The van der Waals surface area contributed by atoms with E-state index in [1.54, 1.807) is 0 Å². The minimum absolute atomic E-state index is 0.789. The molecule has 0 radical (unpaired) electrons. The normalized spacial score (nSPS) is 15.4. The summed E-state index contributed by atoms with van der Waals surface area (Å²) in [6.45, 7) is 6.67. The predicted octanol–water partition coefficient (Wildman–Crippen LogP) is 5.40. The number of fused-ring (bicyclic) bond motifs is 3. The molecule has 132 valence electrons. The summed E-state index contributed by atoms with van der Waals surface area (Å²) in [5.74, 6) is 0.966. The summed E-state index contributed by atoms with van der Waals surface area (Å²) in [5.41, 5.74) is 2.29. The van der Waals surface area contributed by atoms with Gasteiger partial charge in [0.1, 0.15) is 11.3 Å². The third-order valence-corrected chi connectivity index (χ3v) is 5.21. The van der Waals surface area contributed by atoms with E-state index in [4.69, 9.17) is 9.15 Å². The van der Waals surface area contributed by atoms with E-state index < -0.39 is 0 Å². The van der Waals surface area contributed by atoms with Gasteiger partial charge in [-0.2, -0.15) is 0 Å². The molecule has 0 amide bonds. The summed E-state index contributed by atoms with van der Waals surface area (Å²) in [7, 11) is 0. The van der Waals surface area contributed by atoms with Crippen LogP contribution in [-0.2, 0) is 6.42 Å². The van der Waals surface area contributed by atoms with E-state index in [0.29, 0.717) is 0 Å². The van der Waals surface area contributed by atoms with Gasteiger partial charge in [0, 0.05) is 11.9 Å². The monoisotopic (exact) mass is 337 g/mol. The zero-order valence-electron chi connectivity index (χ0n) is 15.1. The van der Waals surface area contributed by atoms with Gasteiger partial charge in [-0.3, -0.25) is 0 Å². The van der Waals surface area contributed by atoms with Gasteiger partial charge in [0.05, 0.1) is 12.9 Å². The fourth-order valence-corrected chi connectivity index (χ4v) is 3.94. The molecule has 1 aromatic heterocycles. The zero-order valence-corrected chi connectivity index (χ0v) is 15.1. The molecule has 0 aliphatic carbocycles. The lowest BCUT2D eigenvalue weighted by Gasteiger charge is -2.14. The largest absolute Gasteiger partial charge is 0.494 e. The van der Waals surface area contributed by atoms with Crippen LogP contribution in [0.4, 0.5) is 0 Å². The van der Waals surface area contributed by atoms with E-state index in [2.05, 4.69) is 42.2 Å². The molecule has 0 unspecified atom stereocenters. The van der Waals surface area contributed by atoms with Crippen molar-refractivity contribution in [3.63, 3.8) is 0 Å². The highest BCUT2D eigenvalue weighted by atomic mass is 16.5. The molecule has 0 bridgehead atoms. The molecule has 1 aliphatic rings. The molecular formula is C22H27NO2. The lowest BCUT2D eigenvalue weighted by atomic mass is 10.0. The van der Waals surface area contributed by atoms with Crippen molar-refractivity contribution in [3.05, 3.63) is 42.2 Å². The van der Waals surface area contributed by atoms with Gasteiger partial charge in [0.15, 0.2) is 0 Å². The van der Waals surface area contributed by atoms with Crippen molar-refractivity contribution < 1.29 is 9.15 Å². The first-order valence-electron chi connectivity index (χ1n) is 9.63. The molecule has 1 fully saturated rings. The number of nitrogens with zero attached hydrogens (tertiary/aromatic N) is 1. The highest BCUT2D eigenvalue weighted by Gasteiger charge is 2.11. The average Bonchev–Trinajstić information content (AvgIpc) is 3.29. The molecule has 4 rings (SSSR count). The summed E-state index contributed by atoms with van der Waals surface area (Å²) >= 11 is 0. The minimum Gasteiger partial charge on any atom is -0.494 e. The molecule has 0 saturated carbocycles. The lowest BCUT2D eigenvalue weighted by Crippen LogP contribution is -2.21. The zero-order chi connectivity index (χ0) is 17.1. The molecular weight excluding hydrogens is 310 g/mol. The third-order valence-electron chi connectivity index (χ3n) is 5.21. The number of hydrogen-bond acceptors (Lipinski definition) is 3. The van der Waals surface area contributed by atoms with Gasteiger partial charge < -0.3 is 14.1 Å². The van der Waals surface area contributed by atoms with Crippen molar-refractivity contribution in [3.8, 4) is 5.75 Å². The Kier molecular flexibility index (Phi) is 4.93. The quantitative estimate of drug-likeness (QED) is 0.540. The second-order valence-electron chi connectivity index (χ2n) is 7.08. The van der Waals surface area contributed by atoms with Crippen molar-refractivity contribution in [2.75, 3.05) is 26.2 Å². The molecule has 1 aliphatic heterocycles. The molecule has 1 saturated heterocycles. The number of likely N-dealkylation sites (tertiary alicyclic amines) is 1. The van der Waals surface area contributed by atoms with E-state index in [0.717, 1.165) is 43.7 Å². The van der Waals surface area contributed by atoms with Crippen LogP contribution >= 0.6 is 0 Å². The topological polar surface area (TPSA) is 25.6 Å². The second-order valence-corrected chi connectivity index (χ2v) is 7.08. The van der Waals surface area contributed by atoms with Gasteiger partial charge in [-0.1, -0.05) is 19.4 Å². The smallest absolute Gasteiger partial charge is 0.134 e. The Morgan fingerprint density at radius 2 is 2.00 bits per heavy atom. The Bertz CT molecular complexity index is 846. The maximum Gasteiger partial charge on any atom is 0.134 e. The predicted molar refractivity (Wildman–Crippen MR) is 104 cm³/mol. The maximum absolute atomic E-state index is 6.00. The maximum atomic E-state index is 6.00. The Morgan fingerprint density at radius 1 is 1.12 bits per heavy atom.